The van der Waals surface area contributed by atoms with Gasteiger partial charge in [0.1, 0.15) is 0 Å². The molecule has 0 aliphatic rings. The highest BCUT2D eigenvalue weighted by Gasteiger charge is 2.36. The first-order chi connectivity index (χ1) is 6.71. The summed E-state index contributed by atoms with van der Waals surface area (Å²) in [5, 5.41) is 0. The SMILES string of the molecule is Cc1cccc(C(F)(F)CC(C)(C)N)c1. The molecule has 0 spiro atoms. The molecule has 3 heteroatoms. The molecule has 0 saturated carbocycles. The lowest BCUT2D eigenvalue weighted by molar-refractivity contribution is -0.0296. The first kappa shape index (κ1) is 12.1. The van der Waals surface area contributed by atoms with Gasteiger partial charge in [-0.25, -0.2) is 8.78 Å². The highest BCUT2D eigenvalue weighted by atomic mass is 19.3. The van der Waals surface area contributed by atoms with Gasteiger partial charge < -0.3 is 5.73 Å². The zero-order valence-corrected chi connectivity index (χ0v) is 9.35. The van der Waals surface area contributed by atoms with E-state index in [-0.39, 0.29) is 12.0 Å². The quantitative estimate of drug-likeness (QED) is 0.819. The van der Waals surface area contributed by atoms with Gasteiger partial charge in [0.15, 0.2) is 0 Å². The molecule has 0 heterocycles. The summed E-state index contributed by atoms with van der Waals surface area (Å²) in [7, 11) is 0. The summed E-state index contributed by atoms with van der Waals surface area (Å²) in [5.74, 6) is -2.86. The van der Waals surface area contributed by atoms with Crippen molar-refractivity contribution in [1.82, 2.24) is 0 Å². The van der Waals surface area contributed by atoms with Crippen molar-refractivity contribution < 1.29 is 8.78 Å². The normalized spacial score (nSPS) is 12.9. The predicted molar refractivity (Wildman–Crippen MR) is 58.0 cm³/mol. The molecule has 0 amide bonds. The van der Waals surface area contributed by atoms with Crippen LogP contribution in [0.3, 0.4) is 0 Å². The van der Waals surface area contributed by atoms with Gasteiger partial charge in [-0.1, -0.05) is 29.8 Å². The molecule has 1 rings (SSSR count). The van der Waals surface area contributed by atoms with Gasteiger partial charge in [-0.15, -0.1) is 0 Å². The zero-order valence-electron chi connectivity index (χ0n) is 9.35. The average molecular weight is 213 g/mol. The summed E-state index contributed by atoms with van der Waals surface area (Å²) in [6, 6.07) is 6.39. The maximum Gasteiger partial charge on any atom is 0.275 e. The minimum Gasteiger partial charge on any atom is -0.325 e. The smallest absolute Gasteiger partial charge is 0.275 e. The van der Waals surface area contributed by atoms with Crippen molar-refractivity contribution in [3.05, 3.63) is 35.4 Å². The lowest BCUT2D eigenvalue weighted by Gasteiger charge is -2.26. The maximum absolute atomic E-state index is 13.8. The molecule has 0 saturated heterocycles. The van der Waals surface area contributed by atoms with Crippen molar-refractivity contribution in [3.8, 4) is 0 Å². The van der Waals surface area contributed by atoms with Crippen molar-refractivity contribution in [1.29, 1.82) is 0 Å². The number of halogens is 2. The van der Waals surface area contributed by atoms with E-state index in [2.05, 4.69) is 0 Å². The van der Waals surface area contributed by atoms with Crippen LogP contribution in [-0.2, 0) is 5.92 Å². The summed E-state index contributed by atoms with van der Waals surface area (Å²) in [5.41, 5.74) is 5.63. The van der Waals surface area contributed by atoms with Gasteiger partial charge in [0, 0.05) is 17.5 Å². The Hall–Kier alpha value is -0.960. The molecule has 0 atom stereocenters. The Labute approximate surface area is 89.3 Å². The van der Waals surface area contributed by atoms with Crippen LogP contribution in [0.5, 0.6) is 0 Å². The van der Waals surface area contributed by atoms with E-state index in [9.17, 15) is 8.78 Å². The van der Waals surface area contributed by atoms with Crippen LogP contribution in [0.15, 0.2) is 24.3 Å². The summed E-state index contributed by atoms with van der Waals surface area (Å²) in [6.45, 7) is 5.01. The van der Waals surface area contributed by atoms with E-state index >= 15 is 0 Å². The third-order valence-corrected chi connectivity index (χ3v) is 2.12. The van der Waals surface area contributed by atoms with Crippen LogP contribution in [0.2, 0.25) is 0 Å². The maximum atomic E-state index is 13.8. The van der Waals surface area contributed by atoms with Crippen molar-refractivity contribution in [2.45, 2.75) is 38.7 Å². The second kappa shape index (κ2) is 3.89. The Morgan fingerprint density at radius 1 is 1.27 bits per heavy atom. The van der Waals surface area contributed by atoms with E-state index in [1.165, 1.54) is 12.1 Å². The summed E-state index contributed by atoms with van der Waals surface area (Å²) in [6.07, 6.45) is -0.344. The molecule has 0 bridgehead atoms. The standard InChI is InChI=1S/C12H17F2N/c1-9-5-4-6-10(7-9)12(13,14)8-11(2,3)15/h4-7H,8,15H2,1-3H3. The van der Waals surface area contributed by atoms with Crippen LogP contribution in [0.25, 0.3) is 0 Å². The topological polar surface area (TPSA) is 26.0 Å². The van der Waals surface area contributed by atoms with Gasteiger partial charge in [0.25, 0.3) is 5.92 Å². The Morgan fingerprint density at radius 3 is 2.33 bits per heavy atom. The van der Waals surface area contributed by atoms with Gasteiger partial charge in [-0.2, -0.15) is 0 Å². The molecular formula is C12H17F2N. The third kappa shape index (κ3) is 3.59. The van der Waals surface area contributed by atoms with Crippen molar-refractivity contribution in [2.75, 3.05) is 0 Å². The number of aryl methyl sites for hydroxylation is 1. The molecule has 84 valence electrons. The Morgan fingerprint density at radius 2 is 1.87 bits per heavy atom. The van der Waals surface area contributed by atoms with Gasteiger partial charge in [-0.05, 0) is 20.8 Å². The summed E-state index contributed by atoms with van der Waals surface area (Å²) in [4.78, 5) is 0. The molecule has 2 N–H and O–H groups in total. The molecule has 0 aliphatic heterocycles. The number of hydrogen-bond donors (Lipinski definition) is 1. The van der Waals surface area contributed by atoms with E-state index in [0.29, 0.717) is 0 Å². The second-order valence-electron chi connectivity index (χ2n) is 4.74. The summed E-state index contributed by atoms with van der Waals surface area (Å²) >= 11 is 0. The molecule has 1 nitrogen and oxygen atoms in total. The highest BCUT2D eigenvalue weighted by Crippen LogP contribution is 2.35. The molecule has 15 heavy (non-hydrogen) atoms. The molecule has 0 aromatic heterocycles. The number of alkyl halides is 2. The number of rotatable bonds is 3. The monoisotopic (exact) mass is 213 g/mol. The van der Waals surface area contributed by atoms with Crippen LogP contribution in [-0.4, -0.2) is 5.54 Å². The minimum atomic E-state index is -2.86. The van der Waals surface area contributed by atoms with E-state index < -0.39 is 11.5 Å². The highest BCUT2D eigenvalue weighted by molar-refractivity contribution is 5.26. The molecule has 0 radical (unpaired) electrons. The Kier molecular flexibility index (Phi) is 3.14. The molecule has 0 unspecified atom stereocenters. The lowest BCUT2D eigenvalue weighted by atomic mass is 9.92. The average Bonchev–Trinajstić information content (AvgIpc) is 1.99. The largest absolute Gasteiger partial charge is 0.325 e. The first-order valence-corrected chi connectivity index (χ1v) is 4.95. The fourth-order valence-corrected chi connectivity index (χ4v) is 1.55. The molecule has 1 aromatic rings. The predicted octanol–water partition coefficient (Wildman–Crippen LogP) is 3.21. The van der Waals surface area contributed by atoms with Crippen molar-refractivity contribution in [3.63, 3.8) is 0 Å². The minimum absolute atomic E-state index is 0.0426. The summed E-state index contributed by atoms with van der Waals surface area (Å²) < 4.78 is 27.5. The van der Waals surface area contributed by atoms with Crippen LogP contribution < -0.4 is 5.73 Å². The van der Waals surface area contributed by atoms with Gasteiger partial charge in [0.2, 0.25) is 0 Å². The molecule has 0 fully saturated rings. The zero-order chi connectivity index (χ0) is 11.7. The van der Waals surface area contributed by atoms with E-state index in [0.717, 1.165) is 5.56 Å². The Bertz CT molecular complexity index is 340. The van der Waals surface area contributed by atoms with Crippen LogP contribution in [0.1, 0.15) is 31.4 Å². The van der Waals surface area contributed by atoms with Gasteiger partial charge >= 0.3 is 0 Å². The first-order valence-electron chi connectivity index (χ1n) is 4.95. The fraction of sp³-hybridized carbons (Fsp3) is 0.500. The van der Waals surface area contributed by atoms with Crippen molar-refractivity contribution >= 4 is 0 Å². The van der Waals surface area contributed by atoms with E-state index in [4.69, 9.17) is 5.73 Å². The molecule has 1 aromatic carbocycles. The van der Waals surface area contributed by atoms with Crippen LogP contribution in [0, 0.1) is 6.92 Å². The van der Waals surface area contributed by atoms with E-state index in [1.807, 2.05) is 0 Å². The van der Waals surface area contributed by atoms with Crippen LogP contribution in [0.4, 0.5) is 8.78 Å². The molecule has 0 aliphatic carbocycles. The van der Waals surface area contributed by atoms with Crippen LogP contribution >= 0.6 is 0 Å². The number of hydrogen-bond acceptors (Lipinski definition) is 1. The van der Waals surface area contributed by atoms with E-state index in [1.54, 1.807) is 32.9 Å². The van der Waals surface area contributed by atoms with Gasteiger partial charge in [-0.3, -0.25) is 0 Å². The number of nitrogens with two attached hydrogens (primary N) is 1. The van der Waals surface area contributed by atoms with Crippen molar-refractivity contribution in [2.24, 2.45) is 5.73 Å². The third-order valence-electron chi connectivity index (χ3n) is 2.12. The fourth-order valence-electron chi connectivity index (χ4n) is 1.55. The second-order valence-corrected chi connectivity index (χ2v) is 4.74. The van der Waals surface area contributed by atoms with Gasteiger partial charge in [0.05, 0.1) is 0 Å². The number of benzene rings is 1. The molecular weight excluding hydrogens is 196 g/mol. The lowest BCUT2D eigenvalue weighted by Crippen LogP contribution is -2.38. The Balaban J connectivity index is 2.95.